The van der Waals surface area contributed by atoms with Crippen LogP contribution in [0.25, 0.3) is 0 Å². The van der Waals surface area contributed by atoms with E-state index in [-0.39, 0.29) is 6.61 Å². The number of hydrogen-bond donors (Lipinski definition) is 2. The van der Waals surface area contributed by atoms with Gasteiger partial charge in [-0.25, -0.2) is 0 Å². The highest BCUT2D eigenvalue weighted by Crippen LogP contribution is 1.93. The maximum Gasteiger partial charge on any atom is 0.0964 e. The first kappa shape index (κ1) is 12.1. The Morgan fingerprint density at radius 2 is 2.47 bits per heavy atom. The number of nitrogens with zero attached hydrogens (tertiary/aromatic N) is 3. The standard InChI is InChI=1S/C9H18N4O2/c1-15-6-3-10-7-9-8-13(12-11-9)4-2-5-14/h8,10,14H,2-7H2,1H3. The summed E-state index contributed by atoms with van der Waals surface area (Å²) < 4.78 is 6.65. The summed E-state index contributed by atoms with van der Waals surface area (Å²) >= 11 is 0. The predicted molar refractivity (Wildman–Crippen MR) is 55.3 cm³/mol. The summed E-state index contributed by atoms with van der Waals surface area (Å²) in [6.45, 7) is 3.09. The average molecular weight is 214 g/mol. The Bertz CT molecular complexity index is 264. The van der Waals surface area contributed by atoms with E-state index in [1.807, 2.05) is 6.20 Å². The SMILES string of the molecule is COCCNCc1cn(CCCO)nn1. The number of ether oxygens (including phenoxy) is 1. The third-order valence-electron chi connectivity index (χ3n) is 1.92. The number of aliphatic hydroxyl groups excluding tert-OH is 1. The molecule has 0 radical (unpaired) electrons. The molecule has 6 nitrogen and oxygen atoms in total. The Morgan fingerprint density at radius 1 is 1.60 bits per heavy atom. The molecule has 0 aliphatic rings. The van der Waals surface area contributed by atoms with Gasteiger partial charge in [-0.1, -0.05) is 5.21 Å². The minimum Gasteiger partial charge on any atom is -0.396 e. The van der Waals surface area contributed by atoms with Crippen LogP contribution in [-0.2, 0) is 17.8 Å². The highest BCUT2D eigenvalue weighted by atomic mass is 16.5. The van der Waals surface area contributed by atoms with Crippen molar-refractivity contribution in [2.75, 3.05) is 26.9 Å². The van der Waals surface area contributed by atoms with E-state index >= 15 is 0 Å². The molecule has 1 aromatic heterocycles. The molecule has 2 N–H and O–H groups in total. The van der Waals surface area contributed by atoms with Crippen LogP contribution in [0.4, 0.5) is 0 Å². The molecule has 0 bridgehead atoms. The summed E-state index contributed by atoms with van der Waals surface area (Å²) in [4.78, 5) is 0. The van der Waals surface area contributed by atoms with Gasteiger partial charge in [0, 0.05) is 39.5 Å². The zero-order chi connectivity index (χ0) is 10.9. The van der Waals surface area contributed by atoms with Crippen LogP contribution in [0, 0.1) is 0 Å². The van der Waals surface area contributed by atoms with Crippen molar-refractivity contribution in [3.63, 3.8) is 0 Å². The summed E-state index contributed by atoms with van der Waals surface area (Å²) in [6.07, 6.45) is 2.59. The van der Waals surface area contributed by atoms with Crippen molar-refractivity contribution in [1.29, 1.82) is 0 Å². The molecular weight excluding hydrogens is 196 g/mol. The summed E-state index contributed by atoms with van der Waals surface area (Å²) in [5.74, 6) is 0. The molecule has 0 unspecified atom stereocenters. The van der Waals surface area contributed by atoms with E-state index in [1.165, 1.54) is 0 Å². The normalized spacial score (nSPS) is 10.8. The Kier molecular flexibility index (Phi) is 5.91. The lowest BCUT2D eigenvalue weighted by molar-refractivity contribution is 0.199. The quantitative estimate of drug-likeness (QED) is 0.565. The van der Waals surface area contributed by atoms with Crippen molar-refractivity contribution >= 4 is 0 Å². The number of methoxy groups -OCH3 is 1. The number of nitrogens with one attached hydrogen (secondary N) is 1. The van der Waals surface area contributed by atoms with Crippen molar-refractivity contribution in [2.45, 2.75) is 19.5 Å². The van der Waals surface area contributed by atoms with Gasteiger partial charge in [0.25, 0.3) is 0 Å². The van der Waals surface area contributed by atoms with Gasteiger partial charge >= 0.3 is 0 Å². The summed E-state index contributed by atoms with van der Waals surface area (Å²) in [5, 5.41) is 19.8. The number of hydrogen-bond acceptors (Lipinski definition) is 5. The van der Waals surface area contributed by atoms with E-state index in [2.05, 4.69) is 15.6 Å². The lowest BCUT2D eigenvalue weighted by Gasteiger charge is -1.99. The lowest BCUT2D eigenvalue weighted by Crippen LogP contribution is -2.18. The van der Waals surface area contributed by atoms with E-state index in [0.29, 0.717) is 26.1 Å². The van der Waals surface area contributed by atoms with Gasteiger partial charge in [0.15, 0.2) is 0 Å². The molecule has 86 valence electrons. The van der Waals surface area contributed by atoms with E-state index < -0.39 is 0 Å². The van der Waals surface area contributed by atoms with Crippen molar-refractivity contribution in [2.24, 2.45) is 0 Å². The minimum absolute atomic E-state index is 0.182. The fraction of sp³-hybridized carbons (Fsp3) is 0.778. The number of aliphatic hydroxyl groups is 1. The Hall–Kier alpha value is -0.980. The maximum atomic E-state index is 8.65. The van der Waals surface area contributed by atoms with Crippen molar-refractivity contribution in [3.05, 3.63) is 11.9 Å². The molecule has 1 aromatic rings. The zero-order valence-corrected chi connectivity index (χ0v) is 9.02. The number of aromatic nitrogens is 3. The van der Waals surface area contributed by atoms with Crippen LogP contribution in [0.5, 0.6) is 0 Å². The van der Waals surface area contributed by atoms with Crippen molar-refractivity contribution in [1.82, 2.24) is 20.3 Å². The molecule has 0 saturated carbocycles. The molecule has 1 rings (SSSR count). The van der Waals surface area contributed by atoms with Crippen LogP contribution >= 0.6 is 0 Å². The van der Waals surface area contributed by atoms with Gasteiger partial charge in [0.1, 0.15) is 0 Å². The number of rotatable bonds is 8. The second kappa shape index (κ2) is 7.33. The summed E-state index contributed by atoms with van der Waals surface area (Å²) in [6, 6.07) is 0. The summed E-state index contributed by atoms with van der Waals surface area (Å²) in [7, 11) is 1.67. The van der Waals surface area contributed by atoms with Gasteiger partial charge in [-0.05, 0) is 6.42 Å². The van der Waals surface area contributed by atoms with E-state index in [4.69, 9.17) is 9.84 Å². The molecule has 0 saturated heterocycles. The van der Waals surface area contributed by atoms with Gasteiger partial charge in [0.2, 0.25) is 0 Å². The lowest BCUT2D eigenvalue weighted by atomic mass is 10.4. The first-order chi connectivity index (χ1) is 7.36. The van der Waals surface area contributed by atoms with Crippen molar-refractivity contribution in [3.8, 4) is 0 Å². The van der Waals surface area contributed by atoms with Crippen LogP contribution < -0.4 is 5.32 Å². The van der Waals surface area contributed by atoms with Crippen LogP contribution in [0.3, 0.4) is 0 Å². The number of aryl methyl sites for hydroxylation is 1. The minimum atomic E-state index is 0.182. The van der Waals surface area contributed by atoms with Gasteiger partial charge < -0.3 is 15.2 Å². The molecule has 0 atom stereocenters. The second-order valence-electron chi connectivity index (χ2n) is 3.22. The van der Waals surface area contributed by atoms with E-state index in [9.17, 15) is 0 Å². The van der Waals surface area contributed by atoms with E-state index in [0.717, 1.165) is 12.2 Å². The van der Waals surface area contributed by atoms with Crippen LogP contribution in [0.15, 0.2) is 6.20 Å². The Labute approximate surface area is 89.2 Å². The fourth-order valence-electron chi connectivity index (χ4n) is 1.15. The maximum absolute atomic E-state index is 8.65. The molecule has 0 spiro atoms. The largest absolute Gasteiger partial charge is 0.396 e. The highest BCUT2D eigenvalue weighted by molar-refractivity contribution is 4.91. The smallest absolute Gasteiger partial charge is 0.0964 e. The Balaban J connectivity index is 2.20. The molecule has 15 heavy (non-hydrogen) atoms. The first-order valence-corrected chi connectivity index (χ1v) is 5.06. The third kappa shape index (κ3) is 4.87. The van der Waals surface area contributed by atoms with Gasteiger partial charge in [0.05, 0.1) is 12.3 Å². The molecule has 0 amide bonds. The highest BCUT2D eigenvalue weighted by Gasteiger charge is 1.99. The van der Waals surface area contributed by atoms with Crippen LogP contribution in [0.2, 0.25) is 0 Å². The fourth-order valence-corrected chi connectivity index (χ4v) is 1.15. The van der Waals surface area contributed by atoms with Crippen molar-refractivity contribution < 1.29 is 9.84 Å². The zero-order valence-electron chi connectivity index (χ0n) is 9.02. The molecule has 0 fully saturated rings. The van der Waals surface area contributed by atoms with Gasteiger partial charge in [-0.15, -0.1) is 5.10 Å². The van der Waals surface area contributed by atoms with Crippen LogP contribution in [0.1, 0.15) is 12.1 Å². The Morgan fingerprint density at radius 3 is 3.20 bits per heavy atom. The molecular formula is C9H18N4O2. The topological polar surface area (TPSA) is 72.2 Å². The molecule has 1 heterocycles. The van der Waals surface area contributed by atoms with E-state index in [1.54, 1.807) is 11.8 Å². The van der Waals surface area contributed by atoms with Gasteiger partial charge in [-0.3, -0.25) is 4.68 Å². The predicted octanol–water partition coefficient (Wildman–Crippen LogP) is -0.603. The average Bonchev–Trinajstić information content (AvgIpc) is 2.69. The summed E-state index contributed by atoms with van der Waals surface area (Å²) in [5.41, 5.74) is 0.907. The molecule has 0 aromatic carbocycles. The molecule has 0 aliphatic carbocycles. The van der Waals surface area contributed by atoms with Gasteiger partial charge in [-0.2, -0.15) is 0 Å². The molecule has 6 heteroatoms. The second-order valence-corrected chi connectivity index (χ2v) is 3.22. The first-order valence-electron chi connectivity index (χ1n) is 5.06. The third-order valence-corrected chi connectivity index (χ3v) is 1.92. The van der Waals surface area contributed by atoms with Crippen LogP contribution in [-0.4, -0.2) is 47.0 Å². The molecule has 0 aliphatic heterocycles. The monoisotopic (exact) mass is 214 g/mol.